The molecule has 132 valence electrons. The zero-order chi connectivity index (χ0) is 18.0. The number of fused-ring (bicyclic) bond motifs is 1. The van der Waals surface area contributed by atoms with Gasteiger partial charge in [-0.15, -0.1) is 0 Å². The van der Waals surface area contributed by atoms with Crippen LogP contribution in [-0.2, 0) is 14.8 Å². The minimum absolute atomic E-state index is 0.00748. The number of hydrogen-bond donors (Lipinski definition) is 2. The molecule has 0 saturated heterocycles. The van der Waals surface area contributed by atoms with E-state index < -0.39 is 22.5 Å². The molecule has 2 N–H and O–H groups in total. The van der Waals surface area contributed by atoms with Gasteiger partial charge < -0.3 is 14.8 Å². The molecule has 2 aromatic rings. The van der Waals surface area contributed by atoms with E-state index in [4.69, 9.17) is 32.7 Å². The predicted molar refractivity (Wildman–Crippen MR) is 92.8 cm³/mol. The average Bonchev–Trinajstić information content (AvgIpc) is 3.03. The highest BCUT2D eigenvalue weighted by molar-refractivity contribution is 7.89. The molecule has 10 heteroatoms. The molecule has 1 amide bonds. The van der Waals surface area contributed by atoms with E-state index in [1.807, 2.05) is 0 Å². The Labute approximate surface area is 153 Å². The Bertz CT molecular complexity index is 934. The topological polar surface area (TPSA) is 93.7 Å². The lowest BCUT2D eigenvalue weighted by atomic mass is 10.3. The molecule has 7 nitrogen and oxygen atoms in total. The van der Waals surface area contributed by atoms with E-state index in [2.05, 4.69) is 10.0 Å². The van der Waals surface area contributed by atoms with E-state index in [9.17, 15) is 13.2 Å². The van der Waals surface area contributed by atoms with Crippen LogP contribution in [0.3, 0.4) is 0 Å². The molecule has 0 aliphatic carbocycles. The Morgan fingerprint density at radius 3 is 2.64 bits per heavy atom. The largest absolute Gasteiger partial charge is 0.454 e. The summed E-state index contributed by atoms with van der Waals surface area (Å²) in [5.74, 6) is 0.527. The summed E-state index contributed by atoms with van der Waals surface area (Å²) in [5, 5.41) is 2.79. The maximum absolute atomic E-state index is 12.2. The second-order valence-corrected chi connectivity index (χ2v) is 7.59. The first kappa shape index (κ1) is 17.8. The molecular formula is C15H12Cl2N2O5S. The first-order valence-electron chi connectivity index (χ1n) is 6.99. The molecule has 0 spiro atoms. The summed E-state index contributed by atoms with van der Waals surface area (Å²) in [7, 11) is -3.98. The second-order valence-electron chi connectivity index (χ2n) is 5.02. The SMILES string of the molecule is O=C(CNS(=O)(=O)c1cc(Cl)ccc1Cl)Nc1ccc2c(c1)OCO2. The van der Waals surface area contributed by atoms with Crippen LogP contribution in [0.25, 0.3) is 0 Å². The number of amides is 1. The van der Waals surface area contributed by atoms with Gasteiger partial charge in [-0.2, -0.15) is 0 Å². The molecular weight excluding hydrogens is 391 g/mol. The molecule has 0 aromatic heterocycles. The molecule has 0 fully saturated rings. The molecule has 2 aromatic carbocycles. The smallest absolute Gasteiger partial charge is 0.242 e. The summed E-state index contributed by atoms with van der Waals surface area (Å²) in [6.07, 6.45) is 0. The maximum atomic E-state index is 12.2. The highest BCUT2D eigenvalue weighted by Gasteiger charge is 2.20. The first-order valence-corrected chi connectivity index (χ1v) is 9.23. The molecule has 1 aliphatic rings. The van der Waals surface area contributed by atoms with E-state index >= 15 is 0 Å². The molecule has 0 unspecified atom stereocenters. The van der Waals surface area contributed by atoms with E-state index in [1.54, 1.807) is 18.2 Å². The quantitative estimate of drug-likeness (QED) is 0.801. The number of carbonyl (C=O) groups excluding carboxylic acids is 1. The molecule has 1 heterocycles. The first-order chi connectivity index (χ1) is 11.8. The van der Waals surface area contributed by atoms with Gasteiger partial charge in [-0.05, 0) is 30.3 Å². The fraction of sp³-hybridized carbons (Fsp3) is 0.133. The Balaban J connectivity index is 1.64. The van der Waals surface area contributed by atoms with Crippen molar-refractivity contribution in [1.82, 2.24) is 4.72 Å². The van der Waals surface area contributed by atoms with Crippen molar-refractivity contribution in [2.75, 3.05) is 18.7 Å². The summed E-state index contributed by atoms with van der Waals surface area (Å²) >= 11 is 11.7. The van der Waals surface area contributed by atoms with Gasteiger partial charge in [-0.3, -0.25) is 4.79 Å². The standard InChI is InChI=1S/C15H12Cl2N2O5S/c16-9-1-3-11(17)14(5-9)25(21,22)18-7-15(20)19-10-2-4-12-13(6-10)24-8-23-12/h1-6,18H,7-8H2,(H,19,20). The average molecular weight is 403 g/mol. The molecule has 0 bridgehead atoms. The van der Waals surface area contributed by atoms with Gasteiger partial charge in [0.1, 0.15) is 4.90 Å². The minimum atomic E-state index is -3.98. The lowest BCUT2D eigenvalue weighted by molar-refractivity contribution is -0.115. The minimum Gasteiger partial charge on any atom is -0.454 e. The van der Waals surface area contributed by atoms with Gasteiger partial charge in [-0.25, -0.2) is 13.1 Å². The van der Waals surface area contributed by atoms with Crippen LogP contribution in [0.15, 0.2) is 41.3 Å². The molecule has 1 aliphatic heterocycles. The summed E-state index contributed by atoms with van der Waals surface area (Å²) in [6.45, 7) is -0.355. The summed E-state index contributed by atoms with van der Waals surface area (Å²) < 4.78 is 37.0. The number of sulfonamides is 1. The fourth-order valence-corrected chi connectivity index (χ4v) is 3.84. The Morgan fingerprint density at radius 1 is 1.08 bits per heavy atom. The molecule has 0 saturated carbocycles. The lowest BCUT2D eigenvalue weighted by Crippen LogP contribution is -2.33. The van der Waals surface area contributed by atoms with Crippen LogP contribution in [0, 0.1) is 0 Å². The van der Waals surface area contributed by atoms with E-state index in [-0.39, 0.29) is 21.7 Å². The van der Waals surface area contributed by atoms with Crippen LogP contribution < -0.4 is 19.5 Å². The third-order valence-corrected chi connectivity index (χ3v) is 5.38. The number of halogens is 2. The van der Waals surface area contributed by atoms with Gasteiger partial charge in [0.25, 0.3) is 0 Å². The van der Waals surface area contributed by atoms with Gasteiger partial charge in [0, 0.05) is 16.8 Å². The van der Waals surface area contributed by atoms with Crippen molar-refractivity contribution >= 4 is 44.8 Å². The van der Waals surface area contributed by atoms with Gasteiger partial charge in [0.15, 0.2) is 11.5 Å². The zero-order valence-corrected chi connectivity index (χ0v) is 14.9. The molecule has 0 atom stereocenters. The van der Waals surface area contributed by atoms with Crippen molar-refractivity contribution in [3.8, 4) is 11.5 Å². The van der Waals surface area contributed by atoms with Gasteiger partial charge in [-0.1, -0.05) is 23.2 Å². The van der Waals surface area contributed by atoms with Crippen molar-refractivity contribution in [2.45, 2.75) is 4.90 Å². The Kier molecular flexibility index (Phi) is 5.05. The number of nitrogens with one attached hydrogen (secondary N) is 2. The normalized spacial score (nSPS) is 12.9. The predicted octanol–water partition coefficient (Wildman–Crippen LogP) is 2.64. The van der Waals surface area contributed by atoms with E-state index in [0.29, 0.717) is 17.2 Å². The number of hydrogen-bond acceptors (Lipinski definition) is 5. The molecule has 3 rings (SSSR count). The Morgan fingerprint density at radius 2 is 1.84 bits per heavy atom. The van der Waals surface area contributed by atoms with Crippen LogP contribution in [0.4, 0.5) is 5.69 Å². The van der Waals surface area contributed by atoms with E-state index in [1.165, 1.54) is 18.2 Å². The van der Waals surface area contributed by atoms with E-state index in [0.717, 1.165) is 0 Å². The highest BCUT2D eigenvalue weighted by atomic mass is 35.5. The van der Waals surface area contributed by atoms with Crippen molar-refractivity contribution in [3.63, 3.8) is 0 Å². The van der Waals surface area contributed by atoms with Crippen LogP contribution in [-0.4, -0.2) is 27.7 Å². The van der Waals surface area contributed by atoms with Crippen molar-refractivity contribution in [3.05, 3.63) is 46.4 Å². The number of benzene rings is 2. The van der Waals surface area contributed by atoms with Crippen molar-refractivity contribution in [2.24, 2.45) is 0 Å². The third-order valence-electron chi connectivity index (χ3n) is 3.26. The zero-order valence-electron chi connectivity index (χ0n) is 12.6. The van der Waals surface area contributed by atoms with Crippen molar-refractivity contribution < 1.29 is 22.7 Å². The fourth-order valence-electron chi connectivity index (χ4n) is 2.10. The van der Waals surface area contributed by atoms with Crippen LogP contribution in [0.1, 0.15) is 0 Å². The third kappa shape index (κ3) is 4.16. The van der Waals surface area contributed by atoms with Crippen LogP contribution in [0.2, 0.25) is 10.0 Å². The maximum Gasteiger partial charge on any atom is 0.242 e. The lowest BCUT2D eigenvalue weighted by Gasteiger charge is -2.09. The Hall–Kier alpha value is -2.00. The monoisotopic (exact) mass is 402 g/mol. The summed E-state index contributed by atoms with van der Waals surface area (Å²) in [4.78, 5) is 11.8. The van der Waals surface area contributed by atoms with Gasteiger partial charge in [0.05, 0.1) is 11.6 Å². The summed E-state index contributed by atoms with van der Waals surface area (Å²) in [6, 6.07) is 8.90. The number of anilines is 1. The van der Waals surface area contributed by atoms with Crippen LogP contribution in [0.5, 0.6) is 11.5 Å². The summed E-state index contributed by atoms with van der Waals surface area (Å²) in [5.41, 5.74) is 0.453. The molecule has 0 radical (unpaired) electrons. The highest BCUT2D eigenvalue weighted by Crippen LogP contribution is 2.34. The number of carbonyl (C=O) groups is 1. The van der Waals surface area contributed by atoms with Crippen molar-refractivity contribution in [1.29, 1.82) is 0 Å². The van der Waals surface area contributed by atoms with Crippen LogP contribution >= 0.6 is 23.2 Å². The van der Waals surface area contributed by atoms with Gasteiger partial charge in [0.2, 0.25) is 22.7 Å². The van der Waals surface area contributed by atoms with Gasteiger partial charge >= 0.3 is 0 Å². The second kappa shape index (κ2) is 7.09. The molecule has 25 heavy (non-hydrogen) atoms. The number of ether oxygens (including phenoxy) is 2. The number of rotatable bonds is 5.